The molecule has 3 N–H and O–H groups in total. The molecule has 1 aromatic rings. The van der Waals surface area contributed by atoms with Crippen molar-refractivity contribution in [3.8, 4) is 0 Å². The predicted octanol–water partition coefficient (Wildman–Crippen LogP) is 1.39. The molecule has 1 aromatic carbocycles. The van der Waals surface area contributed by atoms with Gasteiger partial charge in [0.2, 0.25) is 11.8 Å². The summed E-state index contributed by atoms with van der Waals surface area (Å²) < 4.78 is 0. The van der Waals surface area contributed by atoms with Crippen LogP contribution in [0.3, 0.4) is 0 Å². The van der Waals surface area contributed by atoms with E-state index in [0.29, 0.717) is 5.69 Å². The third kappa shape index (κ3) is 3.56. The summed E-state index contributed by atoms with van der Waals surface area (Å²) in [5.41, 5.74) is 8.91. The molecule has 124 valence electrons. The van der Waals surface area contributed by atoms with Crippen molar-refractivity contribution in [2.75, 3.05) is 10.7 Å². The second kappa shape index (κ2) is 6.72. The molecule has 1 saturated heterocycles. The number of rotatable bonds is 5. The highest BCUT2D eigenvalue weighted by atomic mass is 32.2. The van der Waals surface area contributed by atoms with E-state index < -0.39 is 17.3 Å². The Morgan fingerprint density at radius 2 is 1.91 bits per heavy atom. The van der Waals surface area contributed by atoms with Gasteiger partial charge < -0.3 is 10.8 Å². The van der Waals surface area contributed by atoms with E-state index in [1.54, 1.807) is 0 Å². The predicted molar refractivity (Wildman–Crippen MR) is 89.6 cm³/mol. The van der Waals surface area contributed by atoms with Crippen LogP contribution in [0.4, 0.5) is 5.69 Å². The van der Waals surface area contributed by atoms with Crippen molar-refractivity contribution in [1.82, 2.24) is 0 Å². The summed E-state index contributed by atoms with van der Waals surface area (Å²) in [4.78, 5) is 36.9. The summed E-state index contributed by atoms with van der Waals surface area (Å²) in [6, 6.07) is 2.83. The molecule has 1 fully saturated rings. The number of aliphatic carboxylic acids is 1. The van der Waals surface area contributed by atoms with Crippen molar-refractivity contribution in [3.63, 3.8) is 0 Å². The van der Waals surface area contributed by atoms with Crippen LogP contribution in [0.5, 0.6) is 0 Å². The van der Waals surface area contributed by atoms with Gasteiger partial charge in [0.25, 0.3) is 0 Å². The second-order valence-electron chi connectivity index (χ2n) is 5.79. The standard InChI is InChI=1S/C16H20N2O4S/c1-8-4-9(2)14(10(3)5-8)18-13(19)6-12(15(18)20)23-7-11(17)16(21)22/h4-5,11-12H,6-7,17H2,1-3H3,(H,21,22)/t11-,12-/m1/s1. The number of nitrogens with two attached hydrogens (primary N) is 1. The van der Waals surface area contributed by atoms with Gasteiger partial charge in [0.15, 0.2) is 0 Å². The molecule has 2 amide bonds. The molecule has 23 heavy (non-hydrogen) atoms. The van der Waals surface area contributed by atoms with Gasteiger partial charge in [-0.1, -0.05) is 17.7 Å². The first-order valence-corrected chi connectivity index (χ1v) is 8.32. The molecular formula is C16H20N2O4S. The molecule has 1 aliphatic heterocycles. The zero-order valence-corrected chi connectivity index (χ0v) is 14.1. The Morgan fingerprint density at radius 3 is 2.43 bits per heavy atom. The van der Waals surface area contributed by atoms with Crippen LogP contribution in [0.1, 0.15) is 23.1 Å². The van der Waals surface area contributed by atoms with Gasteiger partial charge in [-0.3, -0.25) is 14.4 Å². The minimum Gasteiger partial charge on any atom is -0.480 e. The highest BCUT2D eigenvalue weighted by molar-refractivity contribution is 8.00. The lowest BCUT2D eigenvalue weighted by Crippen LogP contribution is -2.35. The van der Waals surface area contributed by atoms with Crippen LogP contribution >= 0.6 is 11.8 Å². The lowest BCUT2D eigenvalue weighted by Gasteiger charge is -2.20. The van der Waals surface area contributed by atoms with Crippen LogP contribution in [0.25, 0.3) is 0 Å². The molecule has 0 aliphatic carbocycles. The van der Waals surface area contributed by atoms with E-state index in [9.17, 15) is 14.4 Å². The van der Waals surface area contributed by atoms with Gasteiger partial charge >= 0.3 is 5.97 Å². The van der Waals surface area contributed by atoms with Gasteiger partial charge in [0, 0.05) is 12.2 Å². The van der Waals surface area contributed by atoms with E-state index in [1.165, 1.54) is 4.90 Å². The third-order valence-corrected chi connectivity index (χ3v) is 5.08. The van der Waals surface area contributed by atoms with Gasteiger partial charge in [-0.05, 0) is 31.9 Å². The number of hydrogen-bond acceptors (Lipinski definition) is 5. The van der Waals surface area contributed by atoms with E-state index in [1.807, 2.05) is 32.9 Å². The topological polar surface area (TPSA) is 101 Å². The van der Waals surface area contributed by atoms with E-state index in [-0.39, 0.29) is 24.0 Å². The van der Waals surface area contributed by atoms with Gasteiger partial charge in [-0.25, -0.2) is 4.90 Å². The maximum Gasteiger partial charge on any atom is 0.321 e. The number of carboxylic acid groups (broad SMARTS) is 1. The number of carboxylic acids is 1. The number of anilines is 1. The molecule has 6 nitrogen and oxygen atoms in total. The maximum absolute atomic E-state index is 12.6. The van der Waals surface area contributed by atoms with E-state index in [0.717, 1.165) is 28.5 Å². The molecule has 2 atom stereocenters. The fraction of sp³-hybridized carbons (Fsp3) is 0.438. The van der Waals surface area contributed by atoms with Crippen molar-refractivity contribution in [1.29, 1.82) is 0 Å². The summed E-state index contributed by atoms with van der Waals surface area (Å²) >= 11 is 1.13. The van der Waals surface area contributed by atoms with Crippen LogP contribution in [0, 0.1) is 20.8 Å². The number of imide groups is 1. The Labute approximate surface area is 139 Å². The average Bonchev–Trinajstić information content (AvgIpc) is 2.71. The largest absolute Gasteiger partial charge is 0.480 e. The van der Waals surface area contributed by atoms with Crippen LogP contribution in [0.15, 0.2) is 12.1 Å². The molecule has 1 heterocycles. The van der Waals surface area contributed by atoms with Crippen molar-refractivity contribution in [2.45, 2.75) is 38.5 Å². The number of aryl methyl sites for hydroxylation is 3. The molecule has 0 saturated carbocycles. The van der Waals surface area contributed by atoms with Crippen molar-refractivity contribution in [3.05, 3.63) is 28.8 Å². The first-order chi connectivity index (χ1) is 10.7. The summed E-state index contributed by atoms with van der Waals surface area (Å²) in [5, 5.41) is 8.23. The number of amides is 2. The fourth-order valence-corrected chi connectivity index (χ4v) is 3.88. The molecule has 2 rings (SSSR count). The summed E-state index contributed by atoms with van der Waals surface area (Å²) in [6.07, 6.45) is 0.0720. The molecule has 0 radical (unpaired) electrons. The average molecular weight is 336 g/mol. The third-order valence-electron chi connectivity index (χ3n) is 3.76. The van der Waals surface area contributed by atoms with Gasteiger partial charge in [-0.2, -0.15) is 0 Å². The number of nitrogens with zero attached hydrogens (tertiary/aromatic N) is 1. The zero-order valence-electron chi connectivity index (χ0n) is 13.3. The highest BCUT2D eigenvalue weighted by Gasteiger charge is 2.41. The normalized spacial score (nSPS) is 19.3. The fourth-order valence-electron chi connectivity index (χ4n) is 2.79. The minimum absolute atomic E-state index is 0.0720. The number of carbonyl (C=O) groups is 3. The monoisotopic (exact) mass is 336 g/mol. The second-order valence-corrected chi connectivity index (χ2v) is 7.02. The molecule has 1 aliphatic rings. The Kier molecular flexibility index (Phi) is 5.11. The molecule has 0 spiro atoms. The first-order valence-electron chi connectivity index (χ1n) is 7.27. The molecule has 0 bridgehead atoms. The van der Waals surface area contributed by atoms with Crippen molar-refractivity contribution in [2.24, 2.45) is 5.73 Å². The van der Waals surface area contributed by atoms with Crippen molar-refractivity contribution < 1.29 is 19.5 Å². The quantitative estimate of drug-likeness (QED) is 0.788. The number of hydrogen-bond donors (Lipinski definition) is 2. The zero-order chi connectivity index (χ0) is 17.3. The lowest BCUT2D eigenvalue weighted by atomic mass is 10.0. The minimum atomic E-state index is -1.11. The molecule has 7 heteroatoms. The summed E-state index contributed by atoms with van der Waals surface area (Å²) in [5.74, 6) is -1.57. The van der Waals surface area contributed by atoms with Crippen LogP contribution in [-0.2, 0) is 14.4 Å². The van der Waals surface area contributed by atoms with Crippen LogP contribution in [0.2, 0.25) is 0 Å². The number of carbonyl (C=O) groups excluding carboxylic acids is 2. The summed E-state index contributed by atoms with van der Waals surface area (Å²) in [7, 11) is 0. The van der Waals surface area contributed by atoms with Crippen LogP contribution < -0.4 is 10.6 Å². The SMILES string of the molecule is Cc1cc(C)c(N2C(=O)C[C@@H](SC[C@@H](N)C(=O)O)C2=O)c(C)c1. The van der Waals surface area contributed by atoms with Gasteiger partial charge in [-0.15, -0.1) is 11.8 Å². The van der Waals surface area contributed by atoms with Gasteiger partial charge in [0.1, 0.15) is 6.04 Å². The first kappa shape index (κ1) is 17.5. The highest BCUT2D eigenvalue weighted by Crippen LogP contribution is 2.34. The number of thioether (sulfide) groups is 1. The van der Waals surface area contributed by atoms with Gasteiger partial charge in [0.05, 0.1) is 10.9 Å². The Balaban J connectivity index is 2.21. The Bertz CT molecular complexity index is 651. The van der Waals surface area contributed by atoms with E-state index in [2.05, 4.69) is 0 Å². The molecule has 0 unspecified atom stereocenters. The Morgan fingerprint density at radius 1 is 1.35 bits per heavy atom. The van der Waals surface area contributed by atoms with Crippen molar-refractivity contribution >= 4 is 35.2 Å². The Hall–Kier alpha value is -1.86. The maximum atomic E-state index is 12.6. The molecular weight excluding hydrogens is 316 g/mol. The molecule has 0 aromatic heterocycles. The summed E-state index contributed by atoms with van der Waals surface area (Å²) in [6.45, 7) is 5.71. The van der Waals surface area contributed by atoms with E-state index in [4.69, 9.17) is 10.8 Å². The van der Waals surface area contributed by atoms with Crippen LogP contribution in [-0.4, -0.2) is 39.9 Å². The van der Waals surface area contributed by atoms with E-state index >= 15 is 0 Å². The number of benzene rings is 1. The lowest BCUT2D eigenvalue weighted by molar-refractivity contribution is -0.138. The smallest absolute Gasteiger partial charge is 0.321 e.